The van der Waals surface area contributed by atoms with Crippen molar-refractivity contribution >= 4 is 5.78 Å². The third-order valence-electron chi connectivity index (χ3n) is 3.97. The Balaban J connectivity index is 0.00000121. The molecule has 0 bridgehead atoms. The molecule has 0 heterocycles. The van der Waals surface area contributed by atoms with Gasteiger partial charge in [-0.2, -0.15) is 0 Å². The molecule has 0 aromatic carbocycles. The molecular weight excluding hydrogens is 210 g/mol. The highest BCUT2D eigenvalue weighted by atomic mass is 16.1. The molecule has 0 saturated heterocycles. The molecule has 1 saturated carbocycles. The van der Waals surface area contributed by atoms with Gasteiger partial charge in [-0.05, 0) is 30.6 Å². The number of hydrogen-bond donors (Lipinski definition) is 1. The second-order valence-corrected chi connectivity index (χ2v) is 5.60. The molecule has 1 rings (SSSR count). The highest BCUT2D eigenvalue weighted by Gasteiger charge is 2.34. The molecule has 1 aliphatic carbocycles. The van der Waals surface area contributed by atoms with Gasteiger partial charge in [-0.25, -0.2) is 0 Å². The van der Waals surface area contributed by atoms with Crippen LogP contribution in [0, 0.1) is 11.3 Å². The van der Waals surface area contributed by atoms with E-state index in [0.29, 0.717) is 6.42 Å². The molecule has 0 amide bonds. The lowest BCUT2D eigenvalue weighted by molar-refractivity contribution is -0.120. The molecule has 0 radical (unpaired) electrons. The summed E-state index contributed by atoms with van der Waals surface area (Å²) < 4.78 is 0. The summed E-state index contributed by atoms with van der Waals surface area (Å²) in [6, 6.07) is -0.245. The topological polar surface area (TPSA) is 43.1 Å². The third-order valence-corrected chi connectivity index (χ3v) is 3.97. The van der Waals surface area contributed by atoms with Crippen LogP contribution in [-0.4, -0.2) is 11.8 Å². The molecule has 102 valence electrons. The van der Waals surface area contributed by atoms with E-state index in [9.17, 15) is 4.79 Å². The fraction of sp³-hybridized carbons (Fsp3) is 0.933. The number of carbonyl (C=O) groups excluding carboxylic acids is 1. The summed E-state index contributed by atoms with van der Waals surface area (Å²) in [5.41, 5.74) is 6.17. The summed E-state index contributed by atoms with van der Waals surface area (Å²) in [7, 11) is 0. The Morgan fingerprint density at radius 2 is 1.76 bits per heavy atom. The highest BCUT2D eigenvalue weighted by molar-refractivity contribution is 5.83. The molecule has 0 aromatic heterocycles. The number of ketones is 1. The Morgan fingerprint density at radius 3 is 2.18 bits per heavy atom. The van der Waals surface area contributed by atoms with Crippen LogP contribution in [0.3, 0.4) is 0 Å². The van der Waals surface area contributed by atoms with E-state index < -0.39 is 0 Å². The zero-order chi connectivity index (χ0) is 13.5. The smallest absolute Gasteiger partial charge is 0.149 e. The maximum Gasteiger partial charge on any atom is 0.149 e. The van der Waals surface area contributed by atoms with Gasteiger partial charge in [-0.1, -0.05) is 47.5 Å². The van der Waals surface area contributed by atoms with Gasteiger partial charge in [0.2, 0.25) is 0 Å². The van der Waals surface area contributed by atoms with Gasteiger partial charge in [0.25, 0.3) is 0 Å². The lowest BCUT2D eigenvalue weighted by Gasteiger charge is -2.33. The fourth-order valence-corrected chi connectivity index (χ4v) is 2.82. The highest BCUT2D eigenvalue weighted by Crippen LogP contribution is 2.42. The first-order valence-electron chi connectivity index (χ1n) is 7.25. The fourth-order valence-electron chi connectivity index (χ4n) is 2.82. The molecule has 0 spiro atoms. The molecule has 2 nitrogen and oxygen atoms in total. The molecule has 2 heteroatoms. The summed E-state index contributed by atoms with van der Waals surface area (Å²) in [4.78, 5) is 11.5. The molecule has 0 aliphatic heterocycles. The van der Waals surface area contributed by atoms with Gasteiger partial charge in [0, 0.05) is 6.42 Å². The van der Waals surface area contributed by atoms with E-state index in [0.717, 1.165) is 12.3 Å². The summed E-state index contributed by atoms with van der Waals surface area (Å²) in [5.74, 6) is 0.981. The number of rotatable bonds is 5. The van der Waals surface area contributed by atoms with Crippen molar-refractivity contribution in [3.63, 3.8) is 0 Å². The molecule has 0 aromatic rings. The van der Waals surface area contributed by atoms with Crippen LogP contribution in [0.5, 0.6) is 0 Å². The van der Waals surface area contributed by atoms with Crippen LogP contribution in [-0.2, 0) is 4.79 Å². The average Bonchev–Trinajstić information content (AvgIpc) is 2.84. The van der Waals surface area contributed by atoms with Crippen LogP contribution in [0.4, 0.5) is 0 Å². The molecule has 1 unspecified atom stereocenters. The van der Waals surface area contributed by atoms with Crippen LogP contribution >= 0.6 is 0 Å². The Labute approximate surface area is 107 Å². The quantitative estimate of drug-likeness (QED) is 0.792. The lowest BCUT2D eigenvalue weighted by Crippen LogP contribution is -2.37. The first kappa shape index (κ1) is 16.6. The van der Waals surface area contributed by atoms with Crippen molar-refractivity contribution in [2.75, 3.05) is 0 Å². The van der Waals surface area contributed by atoms with Crippen LogP contribution < -0.4 is 5.73 Å². The minimum Gasteiger partial charge on any atom is -0.321 e. The molecule has 17 heavy (non-hydrogen) atoms. The van der Waals surface area contributed by atoms with Crippen molar-refractivity contribution < 1.29 is 4.79 Å². The van der Waals surface area contributed by atoms with Crippen molar-refractivity contribution in [2.24, 2.45) is 17.1 Å². The largest absolute Gasteiger partial charge is 0.321 e. The van der Waals surface area contributed by atoms with Crippen LogP contribution in [0.1, 0.15) is 73.1 Å². The van der Waals surface area contributed by atoms with Crippen molar-refractivity contribution in [1.82, 2.24) is 0 Å². The van der Waals surface area contributed by atoms with Gasteiger partial charge < -0.3 is 5.73 Å². The van der Waals surface area contributed by atoms with Gasteiger partial charge in [-0.3, -0.25) is 4.79 Å². The normalized spacial score (nSPS) is 18.5. The second-order valence-electron chi connectivity index (χ2n) is 5.60. The van der Waals surface area contributed by atoms with E-state index in [2.05, 4.69) is 13.8 Å². The van der Waals surface area contributed by atoms with Crippen molar-refractivity contribution in [1.29, 1.82) is 0 Å². The summed E-state index contributed by atoms with van der Waals surface area (Å²) in [5, 5.41) is 0. The monoisotopic (exact) mass is 241 g/mol. The average molecular weight is 241 g/mol. The van der Waals surface area contributed by atoms with Gasteiger partial charge in [0.05, 0.1) is 6.04 Å². The zero-order valence-corrected chi connectivity index (χ0v) is 12.4. The number of Topliss-reactive ketones (excluding diaryl/α,β-unsaturated/α-hetero) is 1. The van der Waals surface area contributed by atoms with Crippen molar-refractivity contribution in [3.05, 3.63) is 0 Å². The third kappa shape index (κ3) is 5.20. The summed E-state index contributed by atoms with van der Waals surface area (Å²) >= 11 is 0. The maximum atomic E-state index is 11.5. The van der Waals surface area contributed by atoms with E-state index in [-0.39, 0.29) is 17.2 Å². The van der Waals surface area contributed by atoms with Crippen LogP contribution in [0.15, 0.2) is 0 Å². The standard InChI is InChI=1S/C13H25NO.C2H6/c1-4-12(15)11(14)9-13(2,3)10-7-5-6-8-10;1-2/h10-11H,4-9,14H2,1-3H3;1-2H3. The predicted octanol–water partition coefficient (Wildman–Crippen LogP) is 3.93. The number of hydrogen-bond acceptors (Lipinski definition) is 2. The van der Waals surface area contributed by atoms with Gasteiger partial charge in [0.15, 0.2) is 0 Å². The summed E-state index contributed by atoms with van der Waals surface area (Å²) in [6.07, 6.45) is 6.77. The molecule has 1 aliphatic rings. The summed E-state index contributed by atoms with van der Waals surface area (Å²) in [6.45, 7) is 10.4. The van der Waals surface area contributed by atoms with Crippen molar-refractivity contribution in [2.45, 2.75) is 79.2 Å². The molecule has 2 N–H and O–H groups in total. The van der Waals surface area contributed by atoms with Crippen LogP contribution in [0.2, 0.25) is 0 Å². The lowest BCUT2D eigenvalue weighted by atomic mass is 9.73. The van der Waals surface area contributed by atoms with Gasteiger partial charge in [-0.15, -0.1) is 0 Å². The Bertz CT molecular complexity index is 217. The molecule has 1 atom stereocenters. The first-order valence-corrected chi connectivity index (χ1v) is 7.25. The first-order chi connectivity index (χ1) is 7.97. The zero-order valence-electron chi connectivity index (χ0n) is 12.4. The number of carbonyl (C=O) groups is 1. The van der Waals surface area contributed by atoms with E-state index in [1.807, 2.05) is 20.8 Å². The second kappa shape index (κ2) is 7.86. The van der Waals surface area contributed by atoms with E-state index in [1.54, 1.807) is 0 Å². The minimum absolute atomic E-state index is 0.209. The van der Waals surface area contributed by atoms with E-state index >= 15 is 0 Å². The maximum absolute atomic E-state index is 11.5. The molecular formula is C15H31NO. The van der Waals surface area contributed by atoms with E-state index in [4.69, 9.17) is 5.73 Å². The Hall–Kier alpha value is -0.370. The van der Waals surface area contributed by atoms with E-state index in [1.165, 1.54) is 25.7 Å². The Morgan fingerprint density at radius 1 is 1.29 bits per heavy atom. The van der Waals surface area contributed by atoms with Crippen molar-refractivity contribution in [3.8, 4) is 0 Å². The van der Waals surface area contributed by atoms with Gasteiger partial charge in [0.1, 0.15) is 5.78 Å². The SMILES string of the molecule is CC.CCC(=O)C(N)CC(C)(C)C1CCCC1. The van der Waals surface area contributed by atoms with Gasteiger partial charge >= 0.3 is 0 Å². The number of nitrogens with two attached hydrogens (primary N) is 1. The van der Waals surface area contributed by atoms with Crippen LogP contribution in [0.25, 0.3) is 0 Å². The predicted molar refractivity (Wildman–Crippen MR) is 75.0 cm³/mol. The minimum atomic E-state index is -0.245. The Kier molecular flexibility index (Phi) is 7.69. The molecule has 1 fully saturated rings.